The Kier molecular flexibility index (Phi) is 4.48. The second kappa shape index (κ2) is 5.66. The predicted octanol–water partition coefficient (Wildman–Crippen LogP) is 2.69. The van der Waals surface area contributed by atoms with E-state index < -0.39 is 0 Å². The van der Waals surface area contributed by atoms with E-state index >= 15 is 0 Å². The van der Waals surface area contributed by atoms with Crippen molar-refractivity contribution < 1.29 is 0 Å². The second-order valence-corrected chi connectivity index (χ2v) is 3.79. The van der Waals surface area contributed by atoms with Gasteiger partial charge in [-0.05, 0) is 34.5 Å². The number of halogens is 1. The molecule has 0 aliphatic carbocycles. The van der Waals surface area contributed by atoms with E-state index in [9.17, 15) is 0 Å². The Morgan fingerprint density at radius 3 is 3.00 bits per heavy atom. The van der Waals surface area contributed by atoms with E-state index in [-0.39, 0.29) is 0 Å². The maximum Gasteiger partial charge on any atom is 0.143 e. The van der Waals surface area contributed by atoms with Crippen molar-refractivity contribution in [1.82, 2.24) is 4.98 Å². The molecule has 14 heavy (non-hydrogen) atoms. The highest BCUT2D eigenvalue weighted by molar-refractivity contribution is 9.10. The molecule has 1 heterocycles. The molecular weight excluding hydrogens is 240 g/mol. The van der Waals surface area contributed by atoms with E-state index in [0.717, 1.165) is 23.3 Å². The Bertz CT molecular complexity index is 330. The van der Waals surface area contributed by atoms with Gasteiger partial charge < -0.3 is 4.90 Å². The van der Waals surface area contributed by atoms with Crippen LogP contribution in [0.2, 0.25) is 0 Å². The zero-order valence-corrected chi connectivity index (χ0v) is 9.79. The van der Waals surface area contributed by atoms with Crippen LogP contribution >= 0.6 is 15.9 Å². The fourth-order valence-electron chi connectivity index (χ4n) is 1.25. The van der Waals surface area contributed by atoms with E-state index in [1.165, 1.54) is 0 Å². The molecule has 0 fully saturated rings. The van der Waals surface area contributed by atoms with Gasteiger partial charge in [0.15, 0.2) is 0 Å². The third-order valence-corrected chi connectivity index (χ3v) is 2.43. The number of terminal acetylenes is 1. The first-order chi connectivity index (χ1) is 6.79. The second-order valence-electron chi connectivity index (χ2n) is 2.93. The fourth-order valence-corrected chi connectivity index (χ4v) is 1.76. The summed E-state index contributed by atoms with van der Waals surface area (Å²) < 4.78 is 0.990. The molecule has 74 valence electrons. The minimum atomic E-state index is 0.601. The zero-order chi connectivity index (χ0) is 10.4. The lowest BCUT2D eigenvalue weighted by atomic mass is 10.3. The summed E-state index contributed by atoms with van der Waals surface area (Å²) in [7, 11) is 0. The van der Waals surface area contributed by atoms with Crippen LogP contribution in [0.5, 0.6) is 0 Å². The summed E-state index contributed by atoms with van der Waals surface area (Å²) in [4.78, 5) is 6.39. The Balaban J connectivity index is 2.88. The largest absolute Gasteiger partial charge is 0.345 e. The van der Waals surface area contributed by atoms with E-state index in [4.69, 9.17) is 6.42 Å². The van der Waals surface area contributed by atoms with Gasteiger partial charge in [0.1, 0.15) is 5.82 Å². The van der Waals surface area contributed by atoms with Crippen LogP contribution in [0.3, 0.4) is 0 Å². The van der Waals surface area contributed by atoms with Gasteiger partial charge in [-0.3, -0.25) is 0 Å². The highest BCUT2D eigenvalue weighted by Crippen LogP contribution is 2.22. The van der Waals surface area contributed by atoms with Crippen molar-refractivity contribution in [2.24, 2.45) is 0 Å². The molecule has 1 aromatic heterocycles. The molecule has 0 spiro atoms. The summed E-state index contributed by atoms with van der Waals surface area (Å²) in [6, 6.07) is 3.87. The molecule has 0 saturated carbocycles. The highest BCUT2D eigenvalue weighted by Gasteiger charge is 2.08. The van der Waals surface area contributed by atoms with Gasteiger partial charge in [0.05, 0.1) is 11.0 Å². The van der Waals surface area contributed by atoms with Crippen molar-refractivity contribution >= 4 is 21.7 Å². The van der Waals surface area contributed by atoms with Crippen LogP contribution in [0.15, 0.2) is 22.8 Å². The summed E-state index contributed by atoms with van der Waals surface area (Å²) in [6.07, 6.45) is 8.15. The average Bonchev–Trinajstić information content (AvgIpc) is 2.18. The number of anilines is 1. The number of hydrogen-bond acceptors (Lipinski definition) is 2. The lowest BCUT2D eigenvalue weighted by molar-refractivity contribution is 0.807. The first kappa shape index (κ1) is 11.1. The molecule has 0 aromatic carbocycles. The molecule has 0 aliphatic rings. The normalized spacial score (nSPS) is 9.50. The van der Waals surface area contributed by atoms with Crippen LogP contribution in [-0.2, 0) is 0 Å². The summed E-state index contributed by atoms with van der Waals surface area (Å²) >= 11 is 3.46. The third-order valence-electron chi connectivity index (χ3n) is 1.81. The highest BCUT2D eigenvalue weighted by atomic mass is 79.9. The van der Waals surface area contributed by atoms with Crippen molar-refractivity contribution in [3.05, 3.63) is 22.8 Å². The topological polar surface area (TPSA) is 16.1 Å². The van der Waals surface area contributed by atoms with Crippen LogP contribution < -0.4 is 4.90 Å². The Morgan fingerprint density at radius 2 is 2.43 bits per heavy atom. The van der Waals surface area contributed by atoms with Gasteiger partial charge in [0.2, 0.25) is 0 Å². The van der Waals surface area contributed by atoms with Gasteiger partial charge >= 0.3 is 0 Å². The molecule has 1 rings (SSSR count). The zero-order valence-electron chi connectivity index (χ0n) is 8.20. The van der Waals surface area contributed by atoms with Crippen molar-refractivity contribution in [2.75, 3.05) is 18.0 Å². The number of hydrogen-bond donors (Lipinski definition) is 0. The van der Waals surface area contributed by atoms with Crippen LogP contribution in [0.1, 0.15) is 13.3 Å². The van der Waals surface area contributed by atoms with Gasteiger partial charge in [0.25, 0.3) is 0 Å². The lowest BCUT2D eigenvalue weighted by Gasteiger charge is -2.21. The van der Waals surface area contributed by atoms with Crippen molar-refractivity contribution in [3.8, 4) is 12.3 Å². The minimum Gasteiger partial charge on any atom is -0.345 e. The number of pyridine rings is 1. The van der Waals surface area contributed by atoms with Crippen molar-refractivity contribution in [3.63, 3.8) is 0 Å². The summed E-state index contributed by atoms with van der Waals surface area (Å²) in [6.45, 7) is 3.66. The molecule has 3 heteroatoms. The molecule has 2 nitrogen and oxygen atoms in total. The lowest BCUT2D eigenvalue weighted by Crippen LogP contribution is -2.25. The first-order valence-corrected chi connectivity index (χ1v) is 5.37. The first-order valence-electron chi connectivity index (χ1n) is 4.58. The smallest absolute Gasteiger partial charge is 0.143 e. The molecule has 0 aliphatic heterocycles. The van der Waals surface area contributed by atoms with Crippen LogP contribution in [-0.4, -0.2) is 18.1 Å². The van der Waals surface area contributed by atoms with Gasteiger partial charge in [0, 0.05) is 12.7 Å². The quantitative estimate of drug-likeness (QED) is 0.767. The molecule has 1 aromatic rings. The monoisotopic (exact) mass is 252 g/mol. The Morgan fingerprint density at radius 1 is 1.64 bits per heavy atom. The van der Waals surface area contributed by atoms with E-state index in [1.807, 2.05) is 12.1 Å². The van der Waals surface area contributed by atoms with E-state index in [0.29, 0.717) is 6.54 Å². The van der Waals surface area contributed by atoms with Gasteiger partial charge in [-0.25, -0.2) is 4.98 Å². The number of nitrogens with zero attached hydrogens (tertiary/aromatic N) is 2. The molecule has 0 unspecified atom stereocenters. The standard InChI is InChI=1S/C11H13BrN2/c1-3-8-14(9-4-2)11-10(12)6-5-7-13-11/h1,5-7H,4,8-9H2,2H3. The molecule has 0 amide bonds. The molecular formula is C11H13BrN2. The van der Waals surface area contributed by atoms with Crippen molar-refractivity contribution in [1.29, 1.82) is 0 Å². The minimum absolute atomic E-state index is 0.601. The van der Waals surface area contributed by atoms with Crippen LogP contribution in [0.25, 0.3) is 0 Å². The maximum atomic E-state index is 5.31. The van der Waals surface area contributed by atoms with E-state index in [1.54, 1.807) is 6.20 Å². The fraction of sp³-hybridized carbons (Fsp3) is 0.364. The van der Waals surface area contributed by atoms with E-state index in [2.05, 4.69) is 38.7 Å². The molecule has 0 atom stereocenters. The summed E-state index contributed by atoms with van der Waals surface area (Å²) in [5.41, 5.74) is 0. The number of aromatic nitrogens is 1. The summed E-state index contributed by atoms with van der Waals surface area (Å²) in [5.74, 6) is 3.57. The van der Waals surface area contributed by atoms with Crippen molar-refractivity contribution in [2.45, 2.75) is 13.3 Å². The average molecular weight is 253 g/mol. The van der Waals surface area contributed by atoms with Gasteiger partial charge in [-0.1, -0.05) is 12.8 Å². The van der Waals surface area contributed by atoms with Gasteiger partial charge in [-0.15, -0.1) is 6.42 Å². The molecule has 0 bridgehead atoms. The number of rotatable bonds is 4. The molecule has 0 radical (unpaired) electrons. The molecule has 0 N–H and O–H groups in total. The Hall–Kier alpha value is -1.01. The SMILES string of the molecule is C#CCN(CCC)c1ncccc1Br. The van der Waals surface area contributed by atoms with Crippen LogP contribution in [0, 0.1) is 12.3 Å². The van der Waals surface area contributed by atoms with Gasteiger partial charge in [-0.2, -0.15) is 0 Å². The third kappa shape index (κ3) is 2.74. The van der Waals surface area contributed by atoms with Crippen LogP contribution in [0.4, 0.5) is 5.82 Å². The Labute approximate surface area is 93.5 Å². The predicted molar refractivity (Wildman–Crippen MR) is 63.3 cm³/mol. The molecule has 0 saturated heterocycles. The maximum absolute atomic E-state index is 5.31. The summed E-state index contributed by atoms with van der Waals surface area (Å²) in [5, 5.41) is 0.